The molecule has 3 heteroatoms. The molecule has 1 amide bonds. The smallest absolute Gasteiger partial charge is 0.223 e. The van der Waals surface area contributed by atoms with Gasteiger partial charge in [-0.15, -0.1) is 0 Å². The van der Waals surface area contributed by atoms with Gasteiger partial charge in [-0.25, -0.2) is 0 Å². The van der Waals surface area contributed by atoms with Crippen molar-refractivity contribution in [2.75, 3.05) is 19.6 Å². The number of allylic oxidation sites excluding steroid dienone is 2. The van der Waals surface area contributed by atoms with Crippen LogP contribution in [0.5, 0.6) is 0 Å². The summed E-state index contributed by atoms with van der Waals surface area (Å²) in [5.74, 6) is 5.76. The fraction of sp³-hybridized carbons (Fsp3) is 0.906. The fourth-order valence-electron chi connectivity index (χ4n) is 9.50. The first-order valence-electron chi connectivity index (χ1n) is 15.4. The van der Waals surface area contributed by atoms with Crippen LogP contribution < -0.4 is 10.6 Å². The van der Waals surface area contributed by atoms with Crippen molar-refractivity contribution in [2.45, 2.75) is 112 Å². The first kappa shape index (κ1) is 27.2. The van der Waals surface area contributed by atoms with Crippen molar-refractivity contribution < 1.29 is 4.79 Å². The monoisotopic (exact) mass is 484 g/mol. The molecule has 4 aliphatic rings. The lowest BCUT2D eigenvalue weighted by atomic mass is 9.46. The van der Waals surface area contributed by atoms with Crippen LogP contribution >= 0.6 is 0 Å². The van der Waals surface area contributed by atoms with E-state index in [1.807, 2.05) is 0 Å². The maximum absolute atomic E-state index is 12.9. The van der Waals surface area contributed by atoms with E-state index in [1.54, 1.807) is 5.57 Å². The van der Waals surface area contributed by atoms with Crippen molar-refractivity contribution in [1.29, 1.82) is 0 Å². The molecule has 3 saturated carbocycles. The molecule has 3 nitrogen and oxygen atoms in total. The van der Waals surface area contributed by atoms with Gasteiger partial charge in [0.2, 0.25) is 5.91 Å². The van der Waals surface area contributed by atoms with Gasteiger partial charge in [-0.3, -0.25) is 4.79 Å². The molecule has 8 atom stereocenters. The number of carbonyl (C=O) groups excluding carboxylic acids is 1. The zero-order chi connectivity index (χ0) is 25.2. The Hall–Kier alpha value is -0.830. The SMILES string of the molecule is CCNCCNC(=O)[C@H]1CC[C@@]2(C)C(=CC[C@H]3[C@@H]4CC[C@H]([C@H](C)CCCC(C)C)[C@@]4(C)CC[C@@H]32)C1. The van der Waals surface area contributed by atoms with E-state index in [1.165, 1.54) is 57.8 Å². The lowest BCUT2D eigenvalue weighted by molar-refractivity contribution is -0.126. The summed E-state index contributed by atoms with van der Waals surface area (Å²) in [6.07, 6.45) is 17.2. The number of fused-ring (bicyclic) bond motifs is 5. The molecule has 0 radical (unpaired) electrons. The van der Waals surface area contributed by atoms with Crippen LogP contribution in [-0.4, -0.2) is 25.5 Å². The van der Waals surface area contributed by atoms with Crippen LogP contribution in [0.2, 0.25) is 0 Å². The van der Waals surface area contributed by atoms with Crippen LogP contribution in [0.4, 0.5) is 0 Å². The second kappa shape index (κ2) is 11.3. The number of hydrogen-bond acceptors (Lipinski definition) is 2. The number of likely N-dealkylation sites (N-methyl/N-ethyl adjacent to an activating group) is 1. The highest BCUT2D eigenvalue weighted by Crippen LogP contribution is 2.67. The standard InChI is InChI=1S/C32H56N2O/c1-7-33-19-20-34-30(35)24-15-17-31(5)25(21-24)11-12-26-28-14-13-27(23(4)10-8-9-22(2)3)32(28,6)18-16-29(26)31/h11,22-24,26-29,33H,7-10,12-21H2,1-6H3,(H,34,35)/t23-,24+,26+,27-,28+,29+,31+,32-/m1/s1. The van der Waals surface area contributed by atoms with Crippen molar-refractivity contribution in [1.82, 2.24) is 10.6 Å². The Morgan fingerprint density at radius 3 is 2.57 bits per heavy atom. The van der Waals surface area contributed by atoms with Crippen LogP contribution in [0.25, 0.3) is 0 Å². The van der Waals surface area contributed by atoms with Gasteiger partial charge in [-0.1, -0.05) is 72.5 Å². The van der Waals surface area contributed by atoms with Gasteiger partial charge in [0.05, 0.1) is 0 Å². The van der Waals surface area contributed by atoms with E-state index in [0.29, 0.717) is 10.8 Å². The van der Waals surface area contributed by atoms with Gasteiger partial charge in [0.25, 0.3) is 0 Å². The van der Waals surface area contributed by atoms with E-state index < -0.39 is 0 Å². The van der Waals surface area contributed by atoms with E-state index in [9.17, 15) is 4.79 Å². The van der Waals surface area contributed by atoms with Gasteiger partial charge in [-0.05, 0) is 104 Å². The maximum Gasteiger partial charge on any atom is 0.223 e. The molecule has 2 N–H and O–H groups in total. The van der Waals surface area contributed by atoms with E-state index >= 15 is 0 Å². The largest absolute Gasteiger partial charge is 0.355 e. The van der Waals surface area contributed by atoms with Gasteiger partial charge in [0.1, 0.15) is 0 Å². The van der Waals surface area contributed by atoms with Gasteiger partial charge in [0.15, 0.2) is 0 Å². The molecule has 3 fully saturated rings. The minimum Gasteiger partial charge on any atom is -0.355 e. The van der Waals surface area contributed by atoms with Crippen LogP contribution in [-0.2, 0) is 4.79 Å². The number of amides is 1. The van der Waals surface area contributed by atoms with Gasteiger partial charge >= 0.3 is 0 Å². The predicted octanol–water partition coefficient (Wildman–Crippen LogP) is 7.37. The summed E-state index contributed by atoms with van der Waals surface area (Å²) in [6.45, 7) is 17.3. The second-order valence-electron chi connectivity index (χ2n) is 13.9. The fourth-order valence-corrected chi connectivity index (χ4v) is 9.50. The van der Waals surface area contributed by atoms with Gasteiger partial charge < -0.3 is 10.6 Å². The molecular formula is C32H56N2O. The van der Waals surface area contributed by atoms with Crippen LogP contribution in [0, 0.1) is 52.3 Å². The molecule has 0 aromatic rings. The molecule has 0 aliphatic heterocycles. The van der Waals surface area contributed by atoms with Crippen molar-refractivity contribution >= 4 is 5.91 Å². The topological polar surface area (TPSA) is 41.1 Å². The number of carbonyl (C=O) groups is 1. The molecule has 0 bridgehead atoms. The highest BCUT2D eigenvalue weighted by molar-refractivity contribution is 5.79. The normalized spacial score (nSPS) is 39.4. The second-order valence-corrected chi connectivity index (χ2v) is 13.9. The Balaban J connectivity index is 1.40. The van der Waals surface area contributed by atoms with Gasteiger partial charge in [-0.2, -0.15) is 0 Å². The maximum atomic E-state index is 12.9. The van der Waals surface area contributed by atoms with Crippen molar-refractivity contribution in [3.8, 4) is 0 Å². The Morgan fingerprint density at radius 1 is 1.03 bits per heavy atom. The average molecular weight is 485 g/mol. The zero-order valence-corrected chi connectivity index (χ0v) is 23.9. The summed E-state index contributed by atoms with van der Waals surface area (Å²) >= 11 is 0. The van der Waals surface area contributed by atoms with Gasteiger partial charge in [0, 0.05) is 19.0 Å². The third-order valence-corrected chi connectivity index (χ3v) is 11.5. The van der Waals surface area contributed by atoms with Crippen molar-refractivity contribution in [2.24, 2.45) is 52.3 Å². The quantitative estimate of drug-likeness (QED) is 0.251. The average Bonchev–Trinajstić information content (AvgIpc) is 3.18. The van der Waals surface area contributed by atoms with Crippen LogP contribution in [0.15, 0.2) is 11.6 Å². The van der Waals surface area contributed by atoms with E-state index in [4.69, 9.17) is 0 Å². The summed E-state index contributed by atoms with van der Waals surface area (Å²) < 4.78 is 0. The molecule has 0 aromatic heterocycles. The first-order chi connectivity index (χ1) is 16.7. The van der Waals surface area contributed by atoms with Crippen LogP contribution in [0.1, 0.15) is 112 Å². The molecule has 35 heavy (non-hydrogen) atoms. The summed E-state index contributed by atoms with van der Waals surface area (Å²) in [7, 11) is 0. The lowest BCUT2D eigenvalue weighted by Gasteiger charge is -2.58. The summed E-state index contributed by atoms with van der Waals surface area (Å²) in [6, 6.07) is 0. The predicted molar refractivity (Wildman–Crippen MR) is 148 cm³/mol. The Bertz CT molecular complexity index is 759. The molecule has 0 spiro atoms. The number of rotatable bonds is 10. The van der Waals surface area contributed by atoms with Crippen LogP contribution in [0.3, 0.4) is 0 Å². The van der Waals surface area contributed by atoms with Crippen molar-refractivity contribution in [3.05, 3.63) is 11.6 Å². The minimum atomic E-state index is 0.184. The van der Waals surface area contributed by atoms with Crippen molar-refractivity contribution in [3.63, 3.8) is 0 Å². The summed E-state index contributed by atoms with van der Waals surface area (Å²) in [4.78, 5) is 12.9. The molecule has 4 rings (SSSR count). The molecule has 200 valence electrons. The lowest BCUT2D eigenvalue weighted by Crippen LogP contribution is -2.51. The molecule has 0 aromatic carbocycles. The van der Waals surface area contributed by atoms with E-state index in [0.717, 1.165) is 68.0 Å². The molecule has 0 heterocycles. The molecule has 0 saturated heterocycles. The Morgan fingerprint density at radius 2 is 1.83 bits per heavy atom. The molecule has 0 unspecified atom stereocenters. The summed E-state index contributed by atoms with van der Waals surface area (Å²) in [5.41, 5.74) is 2.53. The minimum absolute atomic E-state index is 0.184. The highest BCUT2D eigenvalue weighted by Gasteiger charge is 2.59. The molecular weight excluding hydrogens is 428 g/mol. The Kier molecular flexibility index (Phi) is 8.77. The summed E-state index contributed by atoms with van der Waals surface area (Å²) in [5, 5.41) is 6.50. The number of nitrogens with one attached hydrogen (secondary N) is 2. The third-order valence-electron chi connectivity index (χ3n) is 11.5. The third kappa shape index (κ3) is 5.41. The first-order valence-corrected chi connectivity index (χ1v) is 15.4. The number of hydrogen-bond donors (Lipinski definition) is 2. The van der Waals surface area contributed by atoms with E-state index in [-0.39, 0.29) is 11.8 Å². The Labute approximate surface area is 217 Å². The highest BCUT2D eigenvalue weighted by atomic mass is 16.1. The zero-order valence-electron chi connectivity index (χ0n) is 23.9. The van der Waals surface area contributed by atoms with E-state index in [2.05, 4.69) is 58.3 Å². The molecule has 4 aliphatic carbocycles.